The lowest BCUT2D eigenvalue weighted by Crippen LogP contribution is -1.85. The highest BCUT2D eigenvalue weighted by Gasteiger charge is 2.02. The van der Waals surface area contributed by atoms with Gasteiger partial charge in [0.15, 0.2) is 0 Å². The number of aliphatic hydroxyl groups is 1. The van der Waals surface area contributed by atoms with E-state index < -0.39 is 0 Å². The summed E-state index contributed by atoms with van der Waals surface area (Å²) in [4.78, 5) is 3.15. The van der Waals surface area contributed by atoms with E-state index in [9.17, 15) is 0 Å². The average Bonchev–Trinajstić information content (AvgIpc) is 2.54. The maximum absolute atomic E-state index is 9.03. The summed E-state index contributed by atoms with van der Waals surface area (Å²) in [6.45, 7) is 2.16. The van der Waals surface area contributed by atoms with Gasteiger partial charge in [-0.3, -0.25) is 0 Å². The minimum Gasteiger partial charge on any atom is -0.392 e. The molecule has 12 heavy (non-hydrogen) atoms. The van der Waals surface area contributed by atoms with E-state index in [2.05, 4.69) is 11.9 Å². The fourth-order valence-corrected chi connectivity index (χ4v) is 1.50. The predicted octanol–water partition coefficient (Wildman–Crippen LogP) is 1.97. The van der Waals surface area contributed by atoms with Crippen LogP contribution in [0.2, 0.25) is 0 Å². The van der Waals surface area contributed by atoms with Gasteiger partial charge in [0.2, 0.25) is 0 Å². The minimum absolute atomic E-state index is 0.106. The molecule has 0 aliphatic rings. The van der Waals surface area contributed by atoms with Gasteiger partial charge in [0.25, 0.3) is 0 Å². The highest BCUT2D eigenvalue weighted by atomic mass is 16.3. The Bertz CT molecular complexity index is 403. The van der Waals surface area contributed by atoms with Crippen LogP contribution in [-0.2, 0) is 6.61 Å². The number of hydrogen-bond donors (Lipinski definition) is 2. The molecule has 0 spiro atoms. The third-order valence-electron chi connectivity index (χ3n) is 2.19. The fraction of sp³-hybridized carbons (Fsp3) is 0.200. The second kappa shape index (κ2) is 2.64. The Kier molecular flexibility index (Phi) is 1.62. The molecule has 2 nitrogen and oxygen atoms in total. The first-order valence-corrected chi connectivity index (χ1v) is 3.99. The van der Waals surface area contributed by atoms with Crippen molar-refractivity contribution in [2.24, 2.45) is 0 Å². The van der Waals surface area contributed by atoms with Gasteiger partial charge >= 0.3 is 0 Å². The zero-order valence-electron chi connectivity index (χ0n) is 6.96. The molecule has 2 rings (SSSR count). The lowest BCUT2D eigenvalue weighted by molar-refractivity contribution is 0.283. The first kappa shape index (κ1) is 7.37. The summed E-state index contributed by atoms with van der Waals surface area (Å²) in [5.41, 5.74) is 3.32. The molecule has 1 aromatic heterocycles. The van der Waals surface area contributed by atoms with Crippen LogP contribution in [0.25, 0.3) is 10.9 Å². The molecule has 2 aromatic rings. The summed E-state index contributed by atoms with van der Waals surface area (Å²) in [7, 11) is 0. The summed E-state index contributed by atoms with van der Waals surface area (Å²) in [6.07, 6.45) is 1.90. The van der Waals surface area contributed by atoms with E-state index >= 15 is 0 Å². The highest BCUT2D eigenvalue weighted by Crippen LogP contribution is 2.20. The molecule has 2 heteroatoms. The van der Waals surface area contributed by atoms with E-state index in [0.717, 1.165) is 16.5 Å². The van der Waals surface area contributed by atoms with E-state index in [1.807, 2.05) is 24.4 Å². The van der Waals surface area contributed by atoms with E-state index in [-0.39, 0.29) is 6.61 Å². The Morgan fingerprint density at radius 2 is 2.17 bits per heavy atom. The maximum Gasteiger partial charge on any atom is 0.0688 e. The first-order valence-electron chi connectivity index (χ1n) is 3.99. The van der Waals surface area contributed by atoms with Gasteiger partial charge in [0.05, 0.1) is 6.61 Å². The summed E-state index contributed by atoms with van der Waals surface area (Å²) in [6, 6.07) is 5.98. The molecule has 0 unspecified atom stereocenters. The molecule has 0 radical (unpaired) electrons. The third kappa shape index (κ3) is 0.924. The number of aromatic amines is 1. The van der Waals surface area contributed by atoms with Crippen LogP contribution >= 0.6 is 0 Å². The van der Waals surface area contributed by atoms with Crippen LogP contribution in [0.4, 0.5) is 0 Å². The second-order valence-electron chi connectivity index (χ2n) is 2.97. The Labute approximate surface area is 70.8 Å². The number of hydrogen-bond acceptors (Lipinski definition) is 1. The number of aromatic nitrogens is 1. The van der Waals surface area contributed by atoms with Crippen molar-refractivity contribution in [1.82, 2.24) is 4.98 Å². The highest BCUT2D eigenvalue weighted by molar-refractivity contribution is 5.85. The van der Waals surface area contributed by atoms with Crippen molar-refractivity contribution in [3.63, 3.8) is 0 Å². The zero-order chi connectivity index (χ0) is 8.55. The summed E-state index contributed by atoms with van der Waals surface area (Å²) < 4.78 is 0. The number of aliphatic hydroxyl groups excluding tert-OH is 1. The van der Waals surface area contributed by atoms with E-state index in [1.54, 1.807) is 0 Å². The van der Waals surface area contributed by atoms with Crippen molar-refractivity contribution in [2.45, 2.75) is 13.5 Å². The number of fused-ring (bicyclic) bond motifs is 1. The molecule has 62 valence electrons. The predicted molar refractivity (Wildman–Crippen MR) is 49.0 cm³/mol. The molecule has 1 aromatic carbocycles. The topological polar surface area (TPSA) is 36.0 Å². The van der Waals surface area contributed by atoms with Gasteiger partial charge in [-0.1, -0.05) is 12.1 Å². The molecule has 0 aliphatic heterocycles. The second-order valence-corrected chi connectivity index (χ2v) is 2.97. The van der Waals surface area contributed by atoms with Gasteiger partial charge in [-0.15, -0.1) is 0 Å². The van der Waals surface area contributed by atoms with E-state index in [4.69, 9.17) is 5.11 Å². The van der Waals surface area contributed by atoms with E-state index in [1.165, 1.54) is 5.56 Å². The van der Waals surface area contributed by atoms with Gasteiger partial charge in [-0.2, -0.15) is 0 Å². The molecular weight excluding hydrogens is 150 g/mol. The molecule has 0 bridgehead atoms. The average molecular weight is 161 g/mol. The summed E-state index contributed by atoms with van der Waals surface area (Å²) in [5, 5.41) is 10.2. The Morgan fingerprint density at radius 1 is 1.33 bits per heavy atom. The third-order valence-corrected chi connectivity index (χ3v) is 2.19. The van der Waals surface area contributed by atoms with Gasteiger partial charge in [-0.25, -0.2) is 0 Å². The van der Waals surface area contributed by atoms with Crippen LogP contribution < -0.4 is 0 Å². The van der Waals surface area contributed by atoms with Crippen LogP contribution in [0.3, 0.4) is 0 Å². The van der Waals surface area contributed by atoms with Crippen molar-refractivity contribution >= 4 is 10.9 Å². The molecule has 2 N–H and O–H groups in total. The number of nitrogens with one attached hydrogen (secondary N) is 1. The monoisotopic (exact) mass is 161 g/mol. The van der Waals surface area contributed by atoms with Gasteiger partial charge < -0.3 is 10.1 Å². The molecule has 0 amide bonds. The van der Waals surface area contributed by atoms with Gasteiger partial charge in [0.1, 0.15) is 0 Å². The standard InChI is InChI=1S/C10H11NO/c1-7-2-3-8(6-12)9-4-5-11-10(7)9/h2-5,11-12H,6H2,1H3. The smallest absolute Gasteiger partial charge is 0.0688 e. The normalized spacial score (nSPS) is 10.8. The Hall–Kier alpha value is -1.28. The van der Waals surface area contributed by atoms with Crippen LogP contribution in [0.15, 0.2) is 24.4 Å². The first-order chi connectivity index (χ1) is 5.83. The van der Waals surface area contributed by atoms with Gasteiger partial charge in [0, 0.05) is 17.1 Å². The van der Waals surface area contributed by atoms with Crippen LogP contribution in [0, 0.1) is 6.92 Å². The fourth-order valence-electron chi connectivity index (χ4n) is 1.50. The SMILES string of the molecule is Cc1ccc(CO)c2cc[nH]c12. The van der Waals surface area contributed by atoms with Crippen molar-refractivity contribution in [2.75, 3.05) is 0 Å². The molecule has 1 heterocycles. The van der Waals surface area contributed by atoms with Crippen molar-refractivity contribution in [1.29, 1.82) is 0 Å². The van der Waals surface area contributed by atoms with Crippen molar-refractivity contribution in [3.05, 3.63) is 35.5 Å². The Balaban J connectivity index is 2.82. The Morgan fingerprint density at radius 3 is 2.92 bits per heavy atom. The molecule has 0 atom stereocenters. The van der Waals surface area contributed by atoms with Crippen molar-refractivity contribution < 1.29 is 5.11 Å². The molecule has 0 fully saturated rings. The molecule has 0 saturated carbocycles. The lowest BCUT2D eigenvalue weighted by Gasteiger charge is -2.00. The quantitative estimate of drug-likeness (QED) is 0.659. The lowest BCUT2D eigenvalue weighted by atomic mass is 10.1. The van der Waals surface area contributed by atoms with Crippen LogP contribution in [0.1, 0.15) is 11.1 Å². The number of rotatable bonds is 1. The number of aryl methyl sites for hydroxylation is 1. The minimum atomic E-state index is 0.106. The molecular formula is C10H11NO. The molecule has 0 aliphatic carbocycles. The van der Waals surface area contributed by atoms with Gasteiger partial charge in [-0.05, 0) is 24.1 Å². The van der Waals surface area contributed by atoms with Crippen molar-refractivity contribution in [3.8, 4) is 0 Å². The largest absolute Gasteiger partial charge is 0.392 e. The van der Waals surface area contributed by atoms with Crippen LogP contribution in [0.5, 0.6) is 0 Å². The number of H-pyrrole nitrogens is 1. The number of benzene rings is 1. The van der Waals surface area contributed by atoms with Crippen LogP contribution in [-0.4, -0.2) is 10.1 Å². The van der Waals surface area contributed by atoms with E-state index in [0.29, 0.717) is 0 Å². The maximum atomic E-state index is 9.03. The zero-order valence-corrected chi connectivity index (χ0v) is 6.96. The summed E-state index contributed by atoms with van der Waals surface area (Å²) in [5.74, 6) is 0. The molecule has 0 saturated heterocycles. The summed E-state index contributed by atoms with van der Waals surface area (Å²) >= 11 is 0.